The number of nitriles is 1. The van der Waals surface area contributed by atoms with Gasteiger partial charge in [0.05, 0.1) is 23.1 Å². The van der Waals surface area contributed by atoms with Gasteiger partial charge in [-0.25, -0.2) is 0 Å². The summed E-state index contributed by atoms with van der Waals surface area (Å²) >= 11 is 3.70. The van der Waals surface area contributed by atoms with Gasteiger partial charge in [0.1, 0.15) is 6.61 Å². The molecule has 8 heteroatoms. The van der Waals surface area contributed by atoms with Crippen molar-refractivity contribution >= 4 is 39.0 Å². The first-order valence-corrected chi connectivity index (χ1v) is 15.3. The van der Waals surface area contributed by atoms with Crippen LogP contribution in [0.2, 0.25) is 0 Å². The average Bonchev–Trinajstić information content (AvgIpc) is 3.79. The molecular weight excluding hydrogens is 582 g/mol. The predicted octanol–water partition coefficient (Wildman–Crippen LogP) is 7.51. The van der Waals surface area contributed by atoms with E-state index in [1.54, 1.807) is 0 Å². The van der Waals surface area contributed by atoms with Crippen molar-refractivity contribution in [3.63, 3.8) is 0 Å². The number of ketones is 1. The van der Waals surface area contributed by atoms with Crippen molar-refractivity contribution in [2.45, 2.75) is 71.8 Å². The van der Waals surface area contributed by atoms with Gasteiger partial charge in [0, 0.05) is 46.5 Å². The van der Waals surface area contributed by atoms with E-state index in [0.717, 1.165) is 60.3 Å². The lowest BCUT2D eigenvalue weighted by Gasteiger charge is -2.35. The zero-order valence-corrected chi connectivity index (χ0v) is 25.4. The molecule has 1 fully saturated rings. The van der Waals surface area contributed by atoms with Gasteiger partial charge < -0.3 is 14.8 Å². The van der Waals surface area contributed by atoms with Crippen molar-refractivity contribution < 1.29 is 19.1 Å². The maximum absolute atomic E-state index is 13.5. The minimum Gasteiger partial charge on any atom is -0.490 e. The number of Topliss-reactive ketones (excluding diaryl/α,β-unsaturated/α-hetero) is 1. The fourth-order valence-corrected chi connectivity index (χ4v) is 6.52. The van der Waals surface area contributed by atoms with E-state index >= 15 is 0 Å². The number of carbonyl (C=O) groups is 2. The normalized spacial score (nSPS) is 22.0. The molecule has 0 bridgehead atoms. The molecule has 2 aliphatic carbocycles. The van der Waals surface area contributed by atoms with Gasteiger partial charge in [-0.2, -0.15) is 5.26 Å². The summed E-state index contributed by atoms with van der Waals surface area (Å²) in [5.41, 5.74) is 4.64. The number of halogens is 1. The number of amides is 1. The second-order valence-corrected chi connectivity index (χ2v) is 12.0. The van der Waals surface area contributed by atoms with E-state index in [0.29, 0.717) is 40.5 Å². The number of nitrogens with zero attached hydrogens (tertiary/aromatic N) is 2. The molecular formula is C33H36BrN3O4. The van der Waals surface area contributed by atoms with Crippen LogP contribution < -0.4 is 14.8 Å². The Morgan fingerprint density at radius 1 is 1.17 bits per heavy atom. The first-order valence-electron chi connectivity index (χ1n) is 14.5. The predicted molar refractivity (Wildman–Crippen MR) is 162 cm³/mol. The van der Waals surface area contributed by atoms with Crippen molar-refractivity contribution in [1.82, 2.24) is 0 Å². The smallest absolute Gasteiger partial charge is 0.227 e. The van der Waals surface area contributed by atoms with Gasteiger partial charge in [-0.1, -0.05) is 31.5 Å². The van der Waals surface area contributed by atoms with Crippen LogP contribution >= 0.6 is 15.9 Å². The molecule has 41 heavy (non-hydrogen) atoms. The van der Waals surface area contributed by atoms with Crippen molar-refractivity contribution in [1.29, 1.82) is 5.26 Å². The van der Waals surface area contributed by atoms with E-state index in [1.165, 1.54) is 0 Å². The van der Waals surface area contributed by atoms with E-state index in [2.05, 4.69) is 34.2 Å². The molecule has 214 valence electrons. The minimum atomic E-state index is -0.546. The maximum Gasteiger partial charge on any atom is 0.227 e. The van der Waals surface area contributed by atoms with E-state index in [-0.39, 0.29) is 24.2 Å². The van der Waals surface area contributed by atoms with Gasteiger partial charge in [-0.15, -0.1) is 0 Å². The van der Waals surface area contributed by atoms with Gasteiger partial charge >= 0.3 is 0 Å². The molecule has 0 spiro atoms. The highest BCUT2D eigenvalue weighted by atomic mass is 79.9. The first kappa shape index (κ1) is 29.1. The molecule has 2 aromatic carbocycles. The van der Waals surface area contributed by atoms with E-state index in [4.69, 9.17) is 14.5 Å². The summed E-state index contributed by atoms with van der Waals surface area (Å²) in [6.07, 6.45) is 5.14. The van der Waals surface area contributed by atoms with Crippen LogP contribution in [0.5, 0.6) is 11.5 Å². The van der Waals surface area contributed by atoms with Gasteiger partial charge in [0.15, 0.2) is 17.3 Å². The number of aliphatic imine (C=N–C) groups is 1. The van der Waals surface area contributed by atoms with Crippen LogP contribution in [-0.2, 0) is 16.2 Å². The van der Waals surface area contributed by atoms with Crippen molar-refractivity contribution in [3.8, 4) is 17.6 Å². The Labute approximate surface area is 250 Å². The quantitative estimate of drug-likeness (QED) is 0.297. The Morgan fingerprint density at radius 2 is 1.95 bits per heavy atom. The highest BCUT2D eigenvalue weighted by Gasteiger charge is 2.41. The highest BCUT2D eigenvalue weighted by molar-refractivity contribution is 9.10. The second kappa shape index (κ2) is 12.6. The molecule has 0 saturated heterocycles. The largest absolute Gasteiger partial charge is 0.490 e. The van der Waals surface area contributed by atoms with Gasteiger partial charge in [-0.3, -0.25) is 14.6 Å². The van der Waals surface area contributed by atoms with Crippen molar-refractivity contribution in [2.75, 3.05) is 11.9 Å². The number of para-hydroxylation sites is 1. The zero-order valence-electron chi connectivity index (χ0n) is 23.8. The molecule has 1 aliphatic heterocycles. The fraction of sp³-hybridized carbons (Fsp3) is 0.455. The average molecular weight is 619 g/mol. The number of hydrogen-bond donors (Lipinski definition) is 1. The molecule has 1 saturated carbocycles. The molecule has 1 N–H and O–H groups in total. The molecule has 0 aromatic heterocycles. The number of benzene rings is 2. The second-order valence-electron chi connectivity index (χ2n) is 11.2. The van der Waals surface area contributed by atoms with Crippen LogP contribution in [0.1, 0.15) is 76.3 Å². The number of nitrogens with one attached hydrogen (secondary N) is 1. The first-order chi connectivity index (χ1) is 19.8. The van der Waals surface area contributed by atoms with Crippen LogP contribution in [0.3, 0.4) is 0 Å². The Hall–Kier alpha value is -3.44. The third-order valence-electron chi connectivity index (χ3n) is 8.10. The lowest BCUT2D eigenvalue weighted by atomic mass is 9.70. The lowest BCUT2D eigenvalue weighted by Crippen LogP contribution is -2.32. The fourth-order valence-electron chi connectivity index (χ4n) is 5.95. The third kappa shape index (κ3) is 6.25. The number of carbonyl (C=O) groups excluding carboxylic acids is 2. The van der Waals surface area contributed by atoms with Crippen LogP contribution in [0.15, 0.2) is 57.1 Å². The van der Waals surface area contributed by atoms with Crippen LogP contribution in [0.4, 0.5) is 5.69 Å². The number of hydrogen-bond acceptors (Lipinski definition) is 6. The van der Waals surface area contributed by atoms with Gasteiger partial charge in [0.2, 0.25) is 5.91 Å². The standard InChI is InChI=1S/C33H36BrN3O4/c1-4-8-20-13-27-31(28(38)14-20)30(24(17-35)19(3)36-27)23-15-25(34)32(29(16-23)40-5-2)41-18-22-9-6-7-10-26(22)37-33(39)21-11-12-21/h6-7,9-10,15-16,20-21,24,30H,4-5,8,11-14,18H2,1-3H3,(H,37,39). The minimum absolute atomic E-state index is 0.0447. The summed E-state index contributed by atoms with van der Waals surface area (Å²) in [6.45, 7) is 6.56. The number of ether oxygens (including phenoxy) is 2. The molecule has 7 nitrogen and oxygen atoms in total. The molecule has 5 rings (SSSR count). The molecule has 3 aliphatic rings. The van der Waals surface area contributed by atoms with E-state index < -0.39 is 11.8 Å². The molecule has 3 unspecified atom stereocenters. The molecule has 0 radical (unpaired) electrons. The maximum atomic E-state index is 13.5. The Kier molecular flexibility index (Phi) is 8.94. The van der Waals surface area contributed by atoms with Gasteiger partial charge in [-0.05, 0) is 85.1 Å². The molecule has 1 amide bonds. The monoisotopic (exact) mass is 617 g/mol. The summed E-state index contributed by atoms with van der Waals surface area (Å²) in [7, 11) is 0. The Morgan fingerprint density at radius 3 is 2.66 bits per heavy atom. The topological polar surface area (TPSA) is 101 Å². The van der Waals surface area contributed by atoms with Crippen LogP contribution in [0, 0.1) is 29.1 Å². The summed E-state index contributed by atoms with van der Waals surface area (Å²) < 4.78 is 13.0. The number of allylic oxidation sites excluding steroid dienone is 2. The SMILES string of the molecule is CCCC1CC(=O)C2=C(C1)N=C(C)C(C#N)C2c1cc(Br)c(OCc2ccccc2NC(=O)C2CC2)c(OCC)c1. The Bertz CT molecular complexity index is 1450. The van der Waals surface area contributed by atoms with Gasteiger partial charge in [0.25, 0.3) is 0 Å². The van der Waals surface area contributed by atoms with Crippen molar-refractivity contribution in [3.05, 3.63) is 63.3 Å². The summed E-state index contributed by atoms with van der Waals surface area (Å²) in [5.74, 6) is 0.615. The molecule has 2 aromatic rings. The molecule has 3 atom stereocenters. The summed E-state index contributed by atoms with van der Waals surface area (Å²) in [6, 6.07) is 13.9. The van der Waals surface area contributed by atoms with Crippen molar-refractivity contribution in [2.24, 2.45) is 22.7 Å². The highest BCUT2D eigenvalue weighted by Crippen LogP contribution is 2.48. The summed E-state index contributed by atoms with van der Waals surface area (Å²) in [4.78, 5) is 30.7. The number of rotatable bonds is 10. The molecule has 1 heterocycles. The Balaban J connectivity index is 1.47. The van der Waals surface area contributed by atoms with Crippen LogP contribution in [0.25, 0.3) is 0 Å². The van der Waals surface area contributed by atoms with E-state index in [9.17, 15) is 14.9 Å². The lowest BCUT2D eigenvalue weighted by molar-refractivity contribution is -0.118. The third-order valence-corrected chi connectivity index (χ3v) is 8.68. The van der Waals surface area contributed by atoms with Crippen LogP contribution in [-0.4, -0.2) is 24.0 Å². The number of anilines is 1. The zero-order chi connectivity index (χ0) is 29.1. The van der Waals surface area contributed by atoms with E-state index in [1.807, 2.05) is 50.2 Å². The summed E-state index contributed by atoms with van der Waals surface area (Å²) in [5, 5.41) is 13.2.